The van der Waals surface area contributed by atoms with Crippen molar-refractivity contribution in [2.75, 3.05) is 0 Å². The average Bonchev–Trinajstić information content (AvgIpc) is 2.37. The molecule has 102 valence electrons. The normalized spacial score (nSPS) is 11.2. The molecular weight excluding hydrogens is 353 g/mol. The molecule has 1 aromatic heterocycles. The molecule has 0 radical (unpaired) electrons. The fourth-order valence-corrected chi connectivity index (χ4v) is 2.91. The van der Waals surface area contributed by atoms with Gasteiger partial charge in [0.15, 0.2) is 0 Å². The van der Waals surface area contributed by atoms with Gasteiger partial charge in [0, 0.05) is 15.6 Å². The number of nitriles is 1. The number of hydrogen-bond donors (Lipinski definition) is 0. The first kappa shape index (κ1) is 14.9. The van der Waals surface area contributed by atoms with Crippen LogP contribution in [0.2, 0.25) is 0 Å². The smallest absolute Gasteiger partial charge is 0.249 e. The molecule has 1 heterocycles. The number of alkyl halides is 3. The van der Waals surface area contributed by atoms with E-state index >= 15 is 0 Å². The summed E-state index contributed by atoms with van der Waals surface area (Å²) >= 11 is 4.46. The molecule has 2 rings (SSSR count). The Balaban J connectivity index is 2.23. The first-order chi connectivity index (χ1) is 9.38. The molecule has 0 saturated carbocycles. The third-order valence-electron chi connectivity index (χ3n) is 2.29. The van der Waals surface area contributed by atoms with Gasteiger partial charge in [0.1, 0.15) is 5.03 Å². The van der Waals surface area contributed by atoms with Crippen molar-refractivity contribution in [2.24, 2.45) is 0 Å². The second kappa shape index (κ2) is 5.85. The minimum absolute atomic E-state index is 0.431. The van der Waals surface area contributed by atoms with Gasteiger partial charge in [-0.3, -0.25) is 0 Å². The van der Waals surface area contributed by atoms with Gasteiger partial charge in [-0.2, -0.15) is 18.4 Å². The number of hydrogen-bond acceptors (Lipinski definition) is 3. The van der Waals surface area contributed by atoms with E-state index in [-0.39, 0.29) is 0 Å². The van der Waals surface area contributed by atoms with Crippen molar-refractivity contribution in [2.45, 2.75) is 16.1 Å². The summed E-state index contributed by atoms with van der Waals surface area (Å²) in [4.78, 5) is 4.50. The van der Waals surface area contributed by atoms with Crippen LogP contribution in [-0.2, 0) is 6.18 Å². The van der Waals surface area contributed by atoms with E-state index in [1.54, 1.807) is 18.2 Å². The molecule has 1 aromatic carbocycles. The highest BCUT2D eigenvalue weighted by Crippen LogP contribution is 2.32. The van der Waals surface area contributed by atoms with Gasteiger partial charge in [-0.15, -0.1) is 0 Å². The predicted molar refractivity (Wildman–Crippen MR) is 72.2 cm³/mol. The summed E-state index contributed by atoms with van der Waals surface area (Å²) in [6.45, 7) is 0. The highest BCUT2D eigenvalue weighted by molar-refractivity contribution is 9.10. The van der Waals surface area contributed by atoms with Crippen LogP contribution in [0.4, 0.5) is 13.2 Å². The fourth-order valence-electron chi connectivity index (χ4n) is 1.42. The minimum Gasteiger partial charge on any atom is -0.249 e. The van der Waals surface area contributed by atoms with Crippen molar-refractivity contribution in [3.63, 3.8) is 0 Å². The lowest BCUT2D eigenvalue weighted by Gasteiger charge is -2.07. The molecule has 0 saturated heterocycles. The molecule has 0 bridgehead atoms. The summed E-state index contributed by atoms with van der Waals surface area (Å²) < 4.78 is 38.0. The van der Waals surface area contributed by atoms with Crippen molar-refractivity contribution >= 4 is 27.7 Å². The quantitative estimate of drug-likeness (QED) is 0.767. The molecule has 0 amide bonds. The summed E-state index contributed by atoms with van der Waals surface area (Å²) in [5.41, 5.74) is -0.317. The van der Waals surface area contributed by atoms with Gasteiger partial charge in [0.25, 0.3) is 0 Å². The first-order valence-corrected chi connectivity index (χ1v) is 6.91. The van der Waals surface area contributed by atoms with Crippen molar-refractivity contribution in [1.29, 1.82) is 5.26 Å². The number of benzene rings is 1. The zero-order valence-corrected chi connectivity index (χ0v) is 12.2. The molecule has 0 unspecified atom stereocenters. The molecular formula is C13H6BrF3N2S. The van der Waals surface area contributed by atoms with Gasteiger partial charge < -0.3 is 0 Å². The Bertz CT molecular complexity index is 663. The van der Waals surface area contributed by atoms with E-state index < -0.39 is 11.7 Å². The Morgan fingerprint density at radius 2 is 1.95 bits per heavy atom. The molecule has 0 aliphatic heterocycles. The van der Waals surface area contributed by atoms with Gasteiger partial charge in [-0.1, -0.05) is 27.7 Å². The van der Waals surface area contributed by atoms with Crippen LogP contribution in [0.5, 0.6) is 0 Å². The molecule has 0 aliphatic carbocycles. The topological polar surface area (TPSA) is 36.7 Å². The second-order valence-corrected chi connectivity index (χ2v) is 5.78. The molecule has 7 heteroatoms. The highest BCUT2D eigenvalue weighted by atomic mass is 79.9. The summed E-state index contributed by atoms with van der Waals surface area (Å²) in [6.07, 6.45) is -3.59. The third kappa shape index (κ3) is 3.74. The summed E-state index contributed by atoms with van der Waals surface area (Å²) in [7, 11) is 0. The van der Waals surface area contributed by atoms with Crippen molar-refractivity contribution < 1.29 is 13.2 Å². The molecule has 2 nitrogen and oxygen atoms in total. The fraction of sp³-hybridized carbons (Fsp3) is 0.0769. The summed E-state index contributed by atoms with van der Waals surface area (Å²) in [5.74, 6) is 0. The Hall–Kier alpha value is -1.52. The van der Waals surface area contributed by atoms with Crippen molar-refractivity contribution in [1.82, 2.24) is 4.98 Å². The van der Waals surface area contributed by atoms with E-state index in [9.17, 15) is 13.2 Å². The van der Waals surface area contributed by atoms with Crippen LogP contribution in [0.3, 0.4) is 0 Å². The Labute approximate surface area is 125 Å². The molecule has 0 spiro atoms. The van der Waals surface area contributed by atoms with Crippen molar-refractivity contribution in [3.05, 3.63) is 52.1 Å². The number of pyridine rings is 1. The van der Waals surface area contributed by atoms with E-state index in [4.69, 9.17) is 5.26 Å². The van der Waals surface area contributed by atoms with Gasteiger partial charge in [-0.05, 0) is 30.3 Å². The maximum Gasteiger partial charge on any atom is 0.417 e. The lowest BCUT2D eigenvalue weighted by Crippen LogP contribution is -2.04. The van der Waals surface area contributed by atoms with Crippen molar-refractivity contribution in [3.8, 4) is 6.07 Å². The van der Waals surface area contributed by atoms with Crippen LogP contribution in [-0.4, -0.2) is 4.98 Å². The zero-order chi connectivity index (χ0) is 14.8. The number of aromatic nitrogens is 1. The lowest BCUT2D eigenvalue weighted by atomic mass is 10.2. The lowest BCUT2D eigenvalue weighted by molar-refractivity contribution is -0.137. The minimum atomic E-state index is -4.39. The average molecular weight is 359 g/mol. The summed E-state index contributed by atoms with van der Waals surface area (Å²) in [6, 6.07) is 9.37. The number of halogens is 4. The van der Waals surface area contributed by atoms with E-state index in [1.165, 1.54) is 17.8 Å². The van der Waals surface area contributed by atoms with E-state index in [0.717, 1.165) is 21.6 Å². The Morgan fingerprint density at radius 3 is 2.50 bits per heavy atom. The maximum atomic E-state index is 12.4. The van der Waals surface area contributed by atoms with Gasteiger partial charge >= 0.3 is 6.18 Å². The van der Waals surface area contributed by atoms with Crippen LogP contribution in [0.25, 0.3) is 0 Å². The number of nitrogens with zero attached hydrogens (tertiary/aromatic N) is 2. The van der Waals surface area contributed by atoms with Crippen LogP contribution in [0.15, 0.2) is 50.9 Å². The number of rotatable bonds is 2. The van der Waals surface area contributed by atoms with E-state index in [2.05, 4.69) is 20.9 Å². The maximum absolute atomic E-state index is 12.4. The van der Waals surface area contributed by atoms with Gasteiger partial charge in [-0.25, -0.2) is 4.98 Å². The van der Waals surface area contributed by atoms with E-state index in [1.807, 2.05) is 6.07 Å². The van der Waals surface area contributed by atoms with Crippen LogP contribution in [0, 0.1) is 11.3 Å². The Morgan fingerprint density at radius 1 is 1.20 bits per heavy atom. The molecule has 2 aromatic rings. The second-order valence-electron chi connectivity index (χ2n) is 3.77. The van der Waals surface area contributed by atoms with E-state index in [0.29, 0.717) is 10.6 Å². The van der Waals surface area contributed by atoms with Crippen LogP contribution in [0.1, 0.15) is 11.1 Å². The first-order valence-electron chi connectivity index (χ1n) is 5.30. The van der Waals surface area contributed by atoms with Gasteiger partial charge in [0.05, 0.1) is 17.2 Å². The molecule has 0 aliphatic rings. The summed E-state index contributed by atoms with van der Waals surface area (Å²) in [5, 5.41) is 9.29. The van der Waals surface area contributed by atoms with Gasteiger partial charge in [0.2, 0.25) is 0 Å². The SMILES string of the molecule is N#Cc1cc(Br)cc(Sc2ccc(C(F)(F)F)cn2)c1. The Kier molecular flexibility index (Phi) is 4.35. The van der Waals surface area contributed by atoms with Crippen LogP contribution >= 0.6 is 27.7 Å². The largest absolute Gasteiger partial charge is 0.417 e. The monoisotopic (exact) mass is 358 g/mol. The zero-order valence-electron chi connectivity index (χ0n) is 9.78. The molecule has 0 atom stereocenters. The molecule has 0 N–H and O–H groups in total. The predicted octanol–water partition coefficient (Wildman–Crippen LogP) is 4.89. The highest BCUT2D eigenvalue weighted by Gasteiger charge is 2.30. The van der Waals surface area contributed by atoms with Crippen LogP contribution < -0.4 is 0 Å². The standard InChI is InChI=1S/C13H6BrF3N2S/c14-10-3-8(6-18)4-11(5-10)20-12-2-1-9(7-19-12)13(15,16)17/h1-5,7H. The molecule has 0 fully saturated rings. The third-order valence-corrected chi connectivity index (χ3v) is 3.67. The molecule has 20 heavy (non-hydrogen) atoms.